The maximum atomic E-state index is 3.85. The van der Waals surface area contributed by atoms with Crippen molar-refractivity contribution < 1.29 is 0 Å². The number of rotatable bonds is 2. The van der Waals surface area contributed by atoms with Crippen LogP contribution in [-0.2, 0) is 0 Å². The Balaban J connectivity index is 2.14. The fourth-order valence-electron chi connectivity index (χ4n) is 0.675. The van der Waals surface area contributed by atoms with E-state index in [4.69, 9.17) is 0 Å². The molecule has 53 valence electrons. The molecule has 0 saturated heterocycles. The van der Waals surface area contributed by atoms with Crippen LogP contribution in [0.2, 0.25) is 0 Å². The van der Waals surface area contributed by atoms with Crippen LogP contribution in [0.25, 0.3) is 0 Å². The first-order chi connectivity index (χ1) is 5.45. The van der Waals surface area contributed by atoms with Crippen LogP contribution in [-0.4, -0.2) is 36.9 Å². The van der Waals surface area contributed by atoms with Gasteiger partial charge >= 0.3 is 7.55 Å². The Bertz CT molecular complexity index is 267. The quantitative estimate of drug-likeness (QED) is 0.500. The average molecular weight is 147 g/mol. The molecule has 0 aliphatic heterocycles. The third kappa shape index (κ3) is 1.26. The van der Waals surface area contributed by atoms with Crippen LogP contribution in [0.5, 0.6) is 0 Å². The van der Waals surface area contributed by atoms with Crippen molar-refractivity contribution in [2.24, 2.45) is 0 Å². The minimum atomic E-state index is 1.45. The van der Waals surface area contributed by atoms with Crippen molar-refractivity contribution in [3.63, 3.8) is 0 Å². The van der Waals surface area contributed by atoms with E-state index in [1.165, 1.54) is 21.8 Å². The van der Waals surface area contributed by atoms with Gasteiger partial charge in [0.25, 0.3) is 0 Å². The van der Waals surface area contributed by atoms with E-state index in [2.05, 4.69) is 20.2 Å². The molecule has 2 rings (SSSR count). The van der Waals surface area contributed by atoms with E-state index in [9.17, 15) is 0 Å². The molecule has 0 atom stereocenters. The summed E-state index contributed by atoms with van der Waals surface area (Å²) in [5.74, 6) is 0. The molecule has 11 heavy (non-hydrogen) atoms. The van der Waals surface area contributed by atoms with E-state index in [0.717, 1.165) is 0 Å². The van der Waals surface area contributed by atoms with Gasteiger partial charge in [0.05, 0.1) is 0 Å². The fourth-order valence-corrected chi connectivity index (χ4v) is 0.675. The monoisotopic (exact) mass is 147 g/mol. The van der Waals surface area contributed by atoms with Crippen LogP contribution in [0.3, 0.4) is 0 Å². The summed E-state index contributed by atoms with van der Waals surface area (Å²) in [6, 6.07) is 0. The Kier molecular flexibility index (Phi) is 1.40. The number of hydrogen-bond donors (Lipinski definition) is 0. The SMILES string of the molecule is [B](n1cncn1)n1cncn1. The summed E-state index contributed by atoms with van der Waals surface area (Å²) in [5, 5.41) is 7.70. The van der Waals surface area contributed by atoms with Crippen LogP contribution < -0.4 is 0 Å². The molecule has 6 nitrogen and oxygen atoms in total. The van der Waals surface area contributed by atoms with Crippen LogP contribution in [0.15, 0.2) is 25.3 Å². The molecule has 0 aromatic carbocycles. The van der Waals surface area contributed by atoms with Gasteiger partial charge in [0.2, 0.25) is 0 Å². The summed E-state index contributed by atoms with van der Waals surface area (Å²) < 4.78 is 3.07. The topological polar surface area (TPSA) is 61.4 Å². The van der Waals surface area contributed by atoms with Gasteiger partial charge in [-0.25, -0.2) is 9.97 Å². The molecule has 0 amide bonds. The molecule has 0 N–H and O–H groups in total. The number of hydrogen-bond acceptors (Lipinski definition) is 4. The van der Waals surface area contributed by atoms with Crippen LogP contribution in [0.1, 0.15) is 0 Å². The summed E-state index contributed by atoms with van der Waals surface area (Å²) in [6.07, 6.45) is 6.05. The molecule has 0 unspecified atom stereocenters. The summed E-state index contributed by atoms with van der Waals surface area (Å²) in [5.41, 5.74) is 0. The van der Waals surface area contributed by atoms with Gasteiger partial charge in [-0.3, -0.25) is 9.19 Å². The van der Waals surface area contributed by atoms with Crippen molar-refractivity contribution in [1.82, 2.24) is 29.4 Å². The van der Waals surface area contributed by atoms with Crippen molar-refractivity contribution in [1.29, 1.82) is 0 Å². The molecular weight excluding hydrogens is 143 g/mol. The van der Waals surface area contributed by atoms with Gasteiger partial charge in [-0.1, -0.05) is 0 Å². The smallest absolute Gasteiger partial charge is 0.275 e. The minimum Gasteiger partial charge on any atom is -0.275 e. The summed E-state index contributed by atoms with van der Waals surface area (Å²) >= 11 is 0. The lowest BCUT2D eigenvalue weighted by Crippen LogP contribution is -2.17. The lowest BCUT2D eigenvalue weighted by atomic mass is 10.2. The largest absolute Gasteiger partial charge is 0.441 e. The van der Waals surface area contributed by atoms with Gasteiger partial charge in [0.1, 0.15) is 25.3 Å². The molecule has 2 aromatic heterocycles. The zero-order valence-electron chi connectivity index (χ0n) is 5.57. The molecule has 0 saturated carbocycles. The van der Waals surface area contributed by atoms with Crippen molar-refractivity contribution in [3.8, 4) is 0 Å². The first-order valence-corrected chi connectivity index (χ1v) is 2.98. The van der Waals surface area contributed by atoms with Crippen LogP contribution >= 0.6 is 0 Å². The minimum absolute atomic E-state index is 1.45. The highest BCUT2D eigenvalue weighted by molar-refractivity contribution is 6.30. The van der Waals surface area contributed by atoms with Crippen molar-refractivity contribution in [3.05, 3.63) is 25.3 Å². The average Bonchev–Trinajstić information content (AvgIpc) is 2.60. The highest BCUT2D eigenvalue weighted by Gasteiger charge is 1.97. The lowest BCUT2D eigenvalue weighted by Gasteiger charge is -1.93. The van der Waals surface area contributed by atoms with Crippen LogP contribution in [0, 0.1) is 0 Å². The molecule has 0 aliphatic rings. The van der Waals surface area contributed by atoms with E-state index in [0.29, 0.717) is 0 Å². The lowest BCUT2D eigenvalue weighted by molar-refractivity contribution is 0.882. The van der Waals surface area contributed by atoms with Crippen molar-refractivity contribution in [2.45, 2.75) is 0 Å². The van der Waals surface area contributed by atoms with E-state index in [1.807, 2.05) is 0 Å². The molecular formula is C4H4BN6. The first kappa shape index (κ1) is 6.08. The maximum Gasteiger partial charge on any atom is 0.441 e. The second-order valence-electron chi connectivity index (χ2n) is 1.87. The van der Waals surface area contributed by atoms with Gasteiger partial charge in [-0.15, -0.1) is 0 Å². The number of aromatic nitrogens is 6. The van der Waals surface area contributed by atoms with Crippen molar-refractivity contribution in [2.75, 3.05) is 0 Å². The molecule has 1 radical (unpaired) electrons. The molecule has 2 heterocycles. The normalized spacial score (nSPS) is 9.82. The van der Waals surface area contributed by atoms with Gasteiger partial charge in [-0.05, 0) is 0 Å². The van der Waals surface area contributed by atoms with E-state index in [-0.39, 0.29) is 0 Å². The maximum absolute atomic E-state index is 3.85. The zero-order valence-corrected chi connectivity index (χ0v) is 5.57. The Morgan fingerprint density at radius 2 is 1.45 bits per heavy atom. The van der Waals surface area contributed by atoms with E-state index >= 15 is 0 Å². The third-order valence-electron chi connectivity index (χ3n) is 1.11. The summed E-state index contributed by atoms with van der Waals surface area (Å²) in [7, 11) is 1.65. The second kappa shape index (κ2) is 2.53. The molecule has 0 spiro atoms. The molecule has 0 aliphatic carbocycles. The third-order valence-corrected chi connectivity index (χ3v) is 1.11. The summed E-state index contributed by atoms with van der Waals surface area (Å²) in [4.78, 5) is 7.52. The zero-order chi connectivity index (χ0) is 7.52. The summed E-state index contributed by atoms with van der Waals surface area (Å²) in [6.45, 7) is 0. The number of nitrogens with zero attached hydrogens (tertiary/aromatic N) is 6. The standard InChI is InChI=1S/C4H4BN6/c1-6-3-10(8-1)5-11-4-7-2-9-11/h1-4H. The predicted molar refractivity (Wildman–Crippen MR) is 36.6 cm³/mol. The van der Waals surface area contributed by atoms with E-state index < -0.39 is 0 Å². The van der Waals surface area contributed by atoms with Gasteiger partial charge < -0.3 is 0 Å². The Labute approximate surface area is 63.2 Å². The Morgan fingerprint density at radius 3 is 1.82 bits per heavy atom. The highest BCUT2D eigenvalue weighted by atomic mass is 15.4. The predicted octanol–water partition coefficient (Wildman–Crippen LogP) is -1.20. The van der Waals surface area contributed by atoms with Gasteiger partial charge in [0.15, 0.2) is 0 Å². The van der Waals surface area contributed by atoms with Crippen LogP contribution in [0.4, 0.5) is 0 Å². The molecule has 7 heteroatoms. The Hall–Kier alpha value is -1.66. The van der Waals surface area contributed by atoms with Crippen molar-refractivity contribution >= 4 is 7.55 Å². The molecule has 0 bridgehead atoms. The Morgan fingerprint density at radius 1 is 0.909 bits per heavy atom. The van der Waals surface area contributed by atoms with Gasteiger partial charge in [0, 0.05) is 0 Å². The molecule has 0 fully saturated rings. The van der Waals surface area contributed by atoms with E-state index in [1.54, 1.807) is 20.2 Å². The first-order valence-electron chi connectivity index (χ1n) is 2.98. The molecule has 2 aromatic rings. The van der Waals surface area contributed by atoms with Gasteiger partial charge in [-0.2, -0.15) is 10.2 Å². The highest BCUT2D eigenvalue weighted by Crippen LogP contribution is 1.77. The second-order valence-corrected chi connectivity index (χ2v) is 1.87. The fraction of sp³-hybridized carbons (Fsp3) is 0.